The molecule has 0 bridgehead atoms. The first-order valence-corrected chi connectivity index (χ1v) is 12.3. The Kier molecular flexibility index (Phi) is 6.21. The molecule has 4 rings (SSSR count). The maximum Gasteiger partial charge on any atom is 0.251 e. The standard InChI is InChI=1S/C25H29NOS2/c1-16(2)7-6-8-17(3)13-14-26-25(27)18-11-12-20-22(15-18)29-23-19-9-4-5-10-21(19)28-24(20)23/h4-5,9-12,15-17H,6-8,13-14H2,1-3H3,(H,26,27)/t17-/m1/s1. The van der Waals surface area contributed by atoms with Crippen molar-refractivity contribution >= 4 is 58.2 Å². The average molecular weight is 424 g/mol. The summed E-state index contributed by atoms with van der Waals surface area (Å²) in [5.74, 6) is 1.49. The first-order chi connectivity index (χ1) is 14.0. The lowest BCUT2D eigenvalue weighted by molar-refractivity contribution is 0.0951. The van der Waals surface area contributed by atoms with Crippen LogP contribution < -0.4 is 5.32 Å². The monoisotopic (exact) mass is 423 g/mol. The number of fused-ring (bicyclic) bond motifs is 5. The smallest absolute Gasteiger partial charge is 0.251 e. The van der Waals surface area contributed by atoms with E-state index in [1.165, 1.54) is 48.8 Å². The van der Waals surface area contributed by atoms with Crippen molar-refractivity contribution in [1.82, 2.24) is 5.32 Å². The number of benzene rings is 2. The lowest BCUT2D eigenvalue weighted by atomic mass is 9.97. The predicted molar refractivity (Wildman–Crippen MR) is 130 cm³/mol. The summed E-state index contributed by atoms with van der Waals surface area (Å²) in [4.78, 5) is 12.6. The fraction of sp³-hybridized carbons (Fsp3) is 0.400. The Labute approximate surface area is 180 Å². The van der Waals surface area contributed by atoms with Crippen LogP contribution in [-0.4, -0.2) is 12.5 Å². The van der Waals surface area contributed by atoms with Crippen LogP contribution in [0.4, 0.5) is 0 Å². The normalized spacial score (nSPS) is 13.0. The summed E-state index contributed by atoms with van der Waals surface area (Å²) >= 11 is 3.65. The molecule has 0 aliphatic heterocycles. The number of amides is 1. The molecule has 0 aliphatic carbocycles. The van der Waals surface area contributed by atoms with Crippen molar-refractivity contribution in [3.05, 3.63) is 48.0 Å². The quantitative estimate of drug-likeness (QED) is 0.307. The van der Waals surface area contributed by atoms with E-state index in [4.69, 9.17) is 0 Å². The van der Waals surface area contributed by atoms with Gasteiger partial charge in [-0.2, -0.15) is 0 Å². The van der Waals surface area contributed by atoms with Gasteiger partial charge in [-0.1, -0.05) is 64.3 Å². The van der Waals surface area contributed by atoms with Crippen molar-refractivity contribution in [2.75, 3.05) is 6.54 Å². The number of rotatable bonds is 8. The molecule has 0 spiro atoms. The molecule has 0 unspecified atom stereocenters. The van der Waals surface area contributed by atoms with Crippen LogP contribution in [0.3, 0.4) is 0 Å². The molecule has 1 amide bonds. The highest BCUT2D eigenvalue weighted by atomic mass is 32.1. The number of nitrogens with one attached hydrogen (secondary N) is 1. The highest BCUT2D eigenvalue weighted by Gasteiger charge is 2.14. The summed E-state index contributed by atoms with van der Waals surface area (Å²) < 4.78 is 5.22. The summed E-state index contributed by atoms with van der Waals surface area (Å²) in [6.45, 7) is 7.61. The molecule has 152 valence electrons. The van der Waals surface area contributed by atoms with Crippen LogP contribution in [0.2, 0.25) is 0 Å². The van der Waals surface area contributed by atoms with Gasteiger partial charge in [0.05, 0.1) is 9.40 Å². The zero-order valence-electron chi connectivity index (χ0n) is 17.5. The molecule has 4 heteroatoms. The second-order valence-electron chi connectivity index (χ2n) is 8.54. The minimum atomic E-state index is 0.0443. The van der Waals surface area contributed by atoms with Crippen molar-refractivity contribution in [2.24, 2.45) is 11.8 Å². The van der Waals surface area contributed by atoms with Crippen molar-refractivity contribution in [3.8, 4) is 0 Å². The van der Waals surface area contributed by atoms with E-state index in [0.717, 1.165) is 24.4 Å². The Morgan fingerprint density at radius 3 is 2.41 bits per heavy atom. The second kappa shape index (κ2) is 8.85. The minimum Gasteiger partial charge on any atom is -0.352 e. The van der Waals surface area contributed by atoms with Gasteiger partial charge in [-0.15, -0.1) is 22.7 Å². The van der Waals surface area contributed by atoms with Gasteiger partial charge < -0.3 is 5.32 Å². The van der Waals surface area contributed by atoms with Crippen LogP contribution in [-0.2, 0) is 0 Å². The molecule has 1 N–H and O–H groups in total. The third-order valence-corrected chi connectivity index (χ3v) is 8.17. The van der Waals surface area contributed by atoms with Gasteiger partial charge in [-0.25, -0.2) is 0 Å². The summed E-state index contributed by atoms with van der Waals surface area (Å²) in [5, 5.41) is 5.71. The van der Waals surface area contributed by atoms with Crippen LogP contribution in [0.15, 0.2) is 42.5 Å². The summed E-state index contributed by atoms with van der Waals surface area (Å²) in [6.07, 6.45) is 4.88. The fourth-order valence-electron chi connectivity index (χ4n) is 3.90. The summed E-state index contributed by atoms with van der Waals surface area (Å²) in [7, 11) is 0. The van der Waals surface area contributed by atoms with Crippen LogP contribution >= 0.6 is 22.7 Å². The molecule has 2 nitrogen and oxygen atoms in total. The molecule has 4 aromatic rings. The summed E-state index contributed by atoms with van der Waals surface area (Å²) in [5.41, 5.74) is 0.767. The van der Waals surface area contributed by atoms with Crippen molar-refractivity contribution in [3.63, 3.8) is 0 Å². The molecule has 2 aromatic carbocycles. The molecule has 0 saturated carbocycles. The zero-order chi connectivity index (χ0) is 20.4. The zero-order valence-corrected chi connectivity index (χ0v) is 19.1. The van der Waals surface area contributed by atoms with Gasteiger partial charge in [0.25, 0.3) is 5.91 Å². The summed E-state index contributed by atoms with van der Waals surface area (Å²) in [6, 6.07) is 14.7. The molecule has 29 heavy (non-hydrogen) atoms. The van der Waals surface area contributed by atoms with Crippen LogP contribution in [0.5, 0.6) is 0 Å². The maximum atomic E-state index is 12.6. The van der Waals surface area contributed by atoms with Gasteiger partial charge in [0.1, 0.15) is 0 Å². The molecule has 1 atom stereocenters. The van der Waals surface area contributed by atoms with Crippen LogP contribution in [0.1, 0.15) is 56.8 Å². The van der Waals surface area contributed by atoms with E-state index >= 15 is 0 Å². The maximum absolute atomic E-state index is 12.6. The second-order valence-corrected chi connectivity index (χ2v) is 10.6. The SMILES string of the molecule is CC(C)CCC[C@@H](C)CCNC(=O)c1ccc2c(c1)sc1c3ccccc3sc21. The van der Waals surface area contributed by atoms with Crippen molar-refractivity contribution in [1.29, 1.82) is 0 Å². The number of carbonyl (C=O) groups is 1. The van der Waals surface area contributed by atoms with Gasteiger partial charge in [0, 0.05) is 32.3 Å². The lowest BCUT2D eigenvalue weighted by Gasteiger charge is -2.13. The van der Waals surface area contributed by atoms with Gasteiger partial charge in [-0.3, -0.25) is 4.79 Å². The van der Waals surface area contributed by atoms with Gasteiger partial charge in [0.15, 0.2) is 0 Å². The van der Waals surface area contributed by atoms with Crippen molar-refractivity contribution in [2.45, 2.75) is 46.5 Å². The number of hydrogen-bond donors (Lipinski definition) is 1. The van der Waals surface area contributed by atoms with E-state index in [0.29, 0.717) is 5.92 Å². The first kappa shape index (κ1) is 20.4. The number of thiophene rings is 2. The molecule has 0 radical (unpaired) electrons. The Morgan fingerprint density at radius 2 is 1.62 bits per heavy atom. The van der Waals surface area contributed by atoms with E-state index in [1.54, 1.807) is 11.3 Å². The Hall–Kier alpha value is -1.91. The Balaban J connectivity index is 1.41. The lowest BCUT2D eigenvalue weighted by Crippen LogP contribution is -2.25. The molecule has 0 aliphatic rings. The average Bonchev–Trinajstić information content (AvgIpc) is 3.23. The molecule has 0 saturated heterocycles. The van der Waals surface area contributed by atoms with Crippen LogP contribution in [0.25, 0.3) is 29.6 Å². The highest BCUT2D eigenvalue weighted by Crippen LogP contribution is 2.44. The Bertz CT molecular complexity index is 1140. The van der Waals surface area contributed by atoms with Gasteiger partial charge >= 0.3 is 0 Å². The van der Waals surface area contributed by atoms with Gasteiger partial charge in [-0.05, 0) is 36.5 Å². The van der Waals surface area contributed by atoms with E-state index in [9.17, 15) is 4.79 Å². The highest BCUT2D eigenvalue weighted by molar-refractivity contribution is 7.36. The fourth-order valence-corrected chi connectivity index (χ4v) is 6.59. The largest absolute Gasteiger partial charge is 0.352 e. The third kappa shape index (κ3) is 4.49. The molecular formula is C25H29NOS2. The van der Waals surface area contributed by atoms with Crippen molar-refractivity contribution < 1.29 is 4.79 Å². The number of carbonyl (C=O) groups excluding carboxylic acids is 1. The van der Waals surface area contributed by atoms with E-state index < -0.39 is 0 Å². The van der Waals surface area contributed by atoms with Gasteiger partial charge in [0.2, 0.25) is 0 Å². The minimum absolute atomic E-state index is 0.0443. The predicted octanol–water partition coefficient (Wildman–Crippen LogP) is 7.85. The number of hydrogen-bond acceptors (Lipinski definition) is 3. The van der Waals surface area contributed by atoms with E-state index in [2.05, 4.69) is 62.5 Å². The molecular weight excluding hydrogens is 394 g/mol. The molecule has 0 fully saturated rings. The first-order valence-electron chi connectivity index (χ1n) is 10.6. The topological polar surface area (TPSA) is 29.1 Å². The van der Waals surface area contributed by atoms with E-state index in [1.807, 2.05) is 17.4 Å². The van der Waals surface area contributed by atoms with E-state index in [-0.39, 0.29) is 5.91 Å². The third-order valence-electron chi connectivity index (χ3n) is 5.65. The van der Waals surface area contributed by atoms with Crippen LogP contribution in [0, 0.1) is 11.8 Å². The molecule has 2 aromatic heterocycles. The Morgan fingerprint density at radius 1 is 0.897 bits per heavy atom. The molecule has 2 heterocycles.